The summed E-state index contributed by atoms with van der Waals surface area (Å²) in [5.74, 6) is -1.12. The van der Waals surface area contributed by atoms with Gasteiger partial charge < -0.3 is 14.8 Å². The van der Waals surface area contributed by atoms with Gasteiger partial charge in [-0.3, -0.25) is 4.79 Å². The third-order valence-electron chi connectivity index (χ3n) is 1.21. The summed E-state index contributed by atoms with van der Waals surface area (Å²) in [5, 5.41) is 2.26. The van der Waals surface area contributed by atoms with Gasteiger partial charge in [-0.25, -0.2) is 4.79 Å². The topological polar surface area (TPSA) is 64.6 Å². The summed E-state index contributed by atoms with van der Waals surface area (Å²) >= 11 is 0. The number of esters is 1. The van der Waals surface area contributed by atoms with Crippen molar-refractivity contribution in [2.24, 2.45) is 0 Å². The highest BCUT2D eigenvalue weighted by Crippen LogP contribution is 1.91. The summed E-state index contributed by atoms with van der Waals surface area (Å²) in [6.45, 7) is 5.25. The Balaban J connectivity index is 4.16. The van der Waals surface area contributed by atoms with Crippen LogP contribution in [0.3, 0.4) is 0 Å². The molecule has 0 spiro atoms. The minimum absolute atomic E-state index is 0.303. The quantitative estimate of drug-likeness (QED) is 0.368. The van der Waals surface area contributed by atoms with Crippen LogP contribution < -0.4 is 5.32 Å². The van der Waals surface area contributed by atoms with Crippen molar-refractivity contribution in [2.45, 2.75) is 13.2 Å². The fourth-order valence-corrected chi connectivity index (χ4v) is 0.630. The fourth-order valence-electron chi connectivity index (χ4n) is 0.630. The molecule has 0 bridgehead atoms. The molecule has 0 saturated carbocycles. The molecule has 0 rings (SSSR count). The second-order valence-corrected chi connectivity index (χ2v) is 2.07. The first-order valence-corrected chi connectivity index (χ1v) is 3.78. The van der Waals surface area contributed by atoms with Gasteiger partial charge in [0.25, 0.3) is 0 Å². The van der Waals surface area contributed by atoms with Crippen molar-refractivity contribution in [3.63, 3.8) is 0 Å². The molecule has 13 heavy (non-hydrogen) atoms. The van der Waals surface area contributed by atoms with E-state index in [2.05, 4.69) is 16.6 Å². The van der Waals surface area contributed by atoms with Crippen LogP contribution in [-0.4, -0.2) is 31.8 Å². The standard InChI is InChI=1S/C8H13NO4/c1-4-6(10)9-7(13-5-2)8(11)12-3/h4,7H,1,5H2,2-3H3,(H,9,10). The number of methoxy groups -OCH3 is 1. The predicted octanol–water partition coefficient (Wildman–Crippen LogP) is -0.176. The lowest BCUT2D eigenvalue weighted by Gasteiger charge is -2.14. The second kappa shape index (κ2) is 6.19. The van der Waals surface area contributed by atoms with Crippen molar-refractivity contribution < 1.29 is 19.1 Å². The second-order valence-electron chi connectivity index (χ2n) is 2.07. The van der Waals surface area contributed by atoms with Crippen LogP contribution in [0.25, 0.3) is 0 Å². The van der Waals surface area contributed by atoms with Gasteiger partial charge in [-0.1, -0.05) is 6.58 Å². The summed E-state index contributed by atoms with van der Waals surface area (Å²) < 4.78 is 9.31. The molecule has 0 fully saturated rings. The molecule has 1 unspecified atom stereocenters. The first-order valence-electron chi connectivity index (χ1n) is 3.78. The van der Waals surface area contributed by atoms with Gasteiger partial charge in [0.1, 0.15) is 0 Å². The van der Waals surface area contributed by atoms with Crippen LogP contribution in [0, 0.1) is 0 Å². The van der Waals surface area contributed by atoms with Crippen LogP contribution in [0.1, 0.15) is 6.92 Å². The van der Waals surface area contributed by atoms with E-state index in [-0.39, 0.29) is 0 Å². The molecule has 5 nitrogen and oxygen atoms in total. The van der Waals surface area contributed by atoms with E-state index in [0.29, 0.717) is 6.61 Å². The summed E-state index contributed by atoms with van der Waals surface area (Å²) in [6.07, 6.45) is -0.00454. The zero-order chi connectivity index (χ0) is 10.3. The Kier molecular flexibility index (Phi) is 5.54. The predicted molar refractivity (Wildman–Crippen MR) is 45.8 cm³/mol. The molecule has 0 heterocycles. The van der Waals surface area contributed by atoms with Gasteiger partial charge in [-0.2, -0.15) is 0 Å². The van der Waals surface area contributed by atoms with E-state index < -0.39 is 18.1 Å². The van der Waals surface area contributed by atoms with Crippen molar-refractivity contribution in [2.75, 3.05) is 13.7 Å². The Morgan fingerprint density at radius 1 is 1.62 bits per heavy atom. The number of carbonyl (C=O) groups is 2. The fraction of sp³-hybridized carbons (Fsp3) is 0.500. The van der Waals surface area contributed by atoms with E-state index in [4.69, 9.17) is 4.74 Å². The van der Waals surface area contributed by atoms with Gasteiger partial charge in [0, 0.05) is 6.61 Å². The Hall–Kier alpha value is -1.36. The van der Waals surface area contributed by atoms with Crippen LogP contribution in [0.4, 0.5) is 0 Å². The van der Waals surface area contributed by atoms with Gasteiger partial charge in [-0.15, -0.1) is 0 Å². The van der Waals surface area contributed by atoms with Gasteiger partial charge in [0.05, 0.1) is 7.11 Å². The molecule has 0 aliphatic carbocycles. The molecule has 0 saturated heterocycles. The maximum absolute atomic E-state index is 11.0. The molecular weight excluding hydrogens is 174 g/mol. The highest BCUT2D eigenvalue weighted by atomic mass is 16.6. The summed E-state index contributed by atoms with van der Waals surface area (Å²) in [4.78, 5) is 21.8. The van der Waals surface area contributed by atoms with E-state index in [9.17, 15) is 9.59 Å². The zero-order valence-corrected chi connectivity index (χ0v) is 7.70. The molecule has 0 aromatic heterocycles. The molecule has 0 aromatic carbocycles. The molecule has 5 heteroatoms. The van der Waals surface area contributed by atoms with E-state index >= 15 is 0 Å². The van der Waals surface area contributed by atoms with E-state index in [1.807, 2.05) is 0 Å². The van der Waals surface area contributed by atoms with Crippen molar-refractivity contribution in [1.29, 1.82) is 0 Å². The average Bonchev–Trinajstić information content (AvgIpc) is 2.15. The smallest absolute Gasteiger partial charge is 0.356 e. The number of rotatable bonds is 5. The Morgan fingerprint density at radius 2 is 2.23 bits per heavy atom. The molecule has 0 radical (unpaired) electrons. The van der Waals surface area contributed by atoms with Crippen LogP contribution in [0.15, 0.2) is 12.7 Å². The molecule has 1 N–H and O–H groups in total. The lowest BCUT2D eigenvalue weighted by Crippen LogP contribution is -2.42. The molecule has 74 valence electrons. The van der Waals surface area contributed by atoms with E-state index in [1.165, 1.54) is 7.11 Å². The van der Waals surface area contributed by atoms with Crippen molar-refractivity contribution in [3.8, 4) is 0 Å². The Bertz CT molecular complexity index is 202. The summed E-state index contributed by atoms with van der Waals surface area (Å²) in [7, 11) is 1.22. The molecule has 1 atom stereocenters. The van der Waals surface area contributed by atoms with Crippen molar-refractivity contribution in [1.82, 2.24) is 5.32 Å². The number of nitrogens with one attached hydrogen (secondary N) is 1. The average molecular weight is 187 g/mol. The minimum atomic E-state index is -1.06. The molecule has 1 amide bonds. The van der Waals surface area contributed by atoms with Crippen LogP contribution >= 0.6 is 0 Å². The maximum Gasteiger partial charge on any atom is 0.356 e. The zero-order valence-electron chi connectivity index (χ0n) is 7.70. The van der Waals surface area contributed by atoms with Crippen LogP contribution in [-0.2, 0) is 19.1 Å². The lowest BCUT2D eigenvalue weighted by molar-refractivity contribution is -0.158. The molecule has 0 aliphatic heterocycles. The Labute approximate surface area is 76.7 Å². The first-order chi connectivity index (χ1) is 6.15. The SMILES string of the molecule is C=CC(=O)NC(OCC)C(=O)OC. The molecular formula is C8H13NO4. The van der Waals surface area contributed by atoms with E-state index in [1.54, 1.807) is 6.92 Å². The van der Waals surface area contributed by atoms with Crippen LogP contribution in [0.2, 0.25) is 0 Å². The molecule has 0 aliphatic rings. The maximum atomic E-state index is 11.0. The largest absolute Gasteiger partial charge is 0.466 e. The number of carbonyl (C=O) groups excluding carboxylic acids is 2. The minimum Gasteiger partial charge on any atom is -0.466 e. The van der Waals surface area contributed by atoms with Gasteiger partial charge in [-0.05, 0) is 13.0 Å². The monoisotopic (exact) mass is 187 g/mol. The van der Waals surface area contributed by atoms with Crippen molar-refractivity contribution in [3.05, 3.63) is 12.7 Å². The number of ether oxygens (including phenoxy) is 2. The first kappa shape index (κ1) is 11.6. The third-order valence-corrected chi connectivity index (χ3v) is 1.21. The number of hydrogen-bond acceptors (Lipinski definition) is 4. The van der Waals surface area contributed by atoms with Crippen LogP contribution in [0.5, 0.6) is 0 Å². The van der Waals surface area contributed by atoms with Gasteiger partial charge in [0.15, 0.2) is 0 Å². The lowest BCUT2D eigenvalue weighted by atomic mass is 10.5. The highest BCUT2D eigenvalue weighted by molar-refractivity contribution is 5.90. The number of amides is 1. The summed E-state index contributed by atoms with van der Waals surface area (Å²) in [6, 6.07) is 0. The van der Waals surface area contributed by atoms with Crippen molar-refractivity contribution >= 4 is 11.9 Å². The normalized spacial score (nSPS) is 11.5. The third kappa shape index (κ3) is 4.27. The highest BCUT2D eigenvalue weighted by Gasteiger charge is 2.19. The van der Waals surface area contributed by atoms with Gasteiger partial charge in [0.2, 0.25) is 12.1 Å². The number of hydrogen-bond donors (Lipinski definition) is 1. The molecule has 0 aromatic rings. The van der Waals surface area contributed by atoms with Gasteiger partial charge >= 0.3 is 5.97 Å². The van der Waals surface area contributed by atoms with E-state index in [0.717, 1.165) is 6.08 Å². The Morgan fingerprint density at radius 3 is 2.62 bits per heavy atom. The summed E-state index contributed by atoms with van der Waals surface area (Å²) in [5.41, 5.74) is 0.